The van der Waals surface area contributed by atoms with Crippen LogP contribution in [0.15, 0.2) is 137 Å². The highest BCUT2D eigenvalue weighted by Crippen LogP contribution is 2.41. The normalized spacial score (nSPS) is 14.1. The molecule has 0 bridgehead atoms. The van der Waals surface area contributed by atoms with E-state index in [9.17, 15) is 9.59 Å². The van der Waals surface area contributed by atoms with Crippen molar-refractivity contribution in [3.63, 3.8) is 0 Å². The Morgan fingerprint density at radius 3 is 1.62 bits per heavy atom. The van der Waals surface area contributed by atoms with Gasteiger partial charge in [-0.15, -0.1) is 11.8 Å². The Morgan fingerprint density at radius 2 is 1.15 bits per heavy atom. The summed E-state index contributed by atoms with van der Waals surface area (Å²) in [5, 5.41) is 1.46. The van der Waals surface area contributed by atoms with E-state index in [1.165, 1.54) is 0 Å². The molecule has 0 aliphatic rings. The summed E-state index contributed by atoms with van der Waals surface area (Å²) in [6.07, 6.45) is 0.319. The van der Waals surface area contributed by atoms with Crippen molar-refractivity contribution in [2.75, 3.05) is 6.61 Å². The number of thioether (sulfide) groups is 1. The molecule has 0 radical (unpaired) electrons. The van der Waals surface area contributed by atoms with Gasteiger partial charge in [-0.1, -0.05) is 163 Å². The molecular formula is C43H52N2O5SSi. The third kappa shape index (κ3) is 9.70. The van der Waals surface area contributed by atoms with Gasteiger partial charge in [-0.25, -0.2) is 4.79 Å². The average molecular weight is 737 g/mol. The molecule has 1 heterocycles. The highest BCUT2D eigenvalue weighted by molar-refractivity contribution is 8.00. The van der Waals surface area contributed by atoms with Gasteiger partial charge in [-0.05, 0) is 33.5 Å². The first-order chi connectivity index (χ1) is 24.8. The summed E-state index contributed by atoms with van der Waals surface area (Å²) in [4.78, 5) is 28.8. The number of nitrogens with one attached hydrogen (secondary N) is 1. The van der Waals surface area contributed by atoms with Crippen LogP contribution in [0, 0.1) is 6.92 Å². The number of aryl methyl sites for hydroxylation is 1. The lowest BCUT2D eigenvalue weighted by Gasteiger charge is -2.44. The van der Waals surface area contributed by atoms with Crippen LogP contribution in [-0.4, -0.2) is 41.4 Å². The molecule has 274 valence electrons. The predicted molar refractivity (Wildman–Crippen MR) is 216 cm³/mol. The largest absolute Gasteiger partial charge is 0.405 e. The average Bonchev–Trinajstić information content (AvgIpc) is 3.12. The molecule has 4 aromatic carbocycles. The number of aromatic nitrogens is 2. The summed E-state index contributed by atoms with van der Waals surface area (Å²) in [5.41, 5.74) is 1.53. The van der Waals surface area contributed by atoms with Crippen LogP contribution < -0.4 is 21.6 Å². The molecule has 0 unspecified atom stereocenters. The van der Waals surface area contributed by atoms with Crippen molar-refractivity contribution in [2.45, 2.75) is 89.0 Å². The zero-order chi connectivity index (χ0) is 37.4. The zero-order valence-corrected chi connectivity index (χ0v) is 33.2. The van der Waals surface area contributed by atoms with Gasteiger partial charge in [0, 0.05) is 16.5 Å². The number of aromatic amines is 1. The lowest BCUT2D eigenvalue weighted by molar-refractivity contribution is -0.109. The summed E-state index contributed by atoms with van der Waals surface area (Å²) in [7, 11) is -3.00. The van der Waals surface area contributed by atoms with Crippen LogP contribution in [0.4, 0.5) is 0 Å². The fourth-order valence-electron chi connectivity index (χ4n) is 6.54. The number of benzene rings is 4. The zero-order valence-electron chi connectivity index (χ0n) is 31.4. The Morgan fingerprint density at radius 1 is 0.692 bits per heavy atom. The van der Waals surface area contributed by atoms with E-state index < -0.39 is 37.1 Å². The summed E-state index contributed by atoms with van der Waals surface area (Å²) in [6.45, 7) is 15.6. The van der Waals surface area contributed by atoms with Crippen LogP contribution in [0.2, 0.25) is 5.04 Å². The molecule has 3 atom stereocenters. The van der Waals surface area contributed by atoms with Gasteiger partial charge in [-0.2, -0.15) is 0 Å². The van der Waals surface area contributed by atoms with E-state index >= 15 is 0 Å². The topological polar surface area (TPSA) is 82.6 Å². The third-order valence-corrected chi connectivity index (χ3v) is 15.5. The van der Waals surface area contributed by atoms with Crippen molar-refractivity contribution >= 4 is 30.5 Å². The lowest BCUT2D eigenvalue weighted by Crippen LogP contribution is -2.67. The van der Waals surface area contributed by atoms with E-state index in [2.05, 4.69) is 95.1 Å². The molecule has 0 amide bonds. The van der Waals surface area contributed by atoms with Gasteiger partial charge in [-0.3, -0.25) is 14.3 Å². The maximum absolute atomic E-state index is 13.7. The smallest absolute Gasteiger partial charge is 0.329 e. The molecule has 0 aliphatic carbocycles. The lowest BCUT2D eigenvalue weighted by atomic mass is 10.1. The van der Waals surface area contributed by atoms with E-state index in [0.29, 0.717) is 12.2 Å². The van der Waals surface area contributed by atoms with Gasteiger partial charge >= 0.3 is 5.69 Å². The summed E-state index contributed by atoms with van der Waals surface area (Å²) in [5.74, 6) is 0. The summed E-state index contributed by atoms with van der Waals surface area (Å²) >= 11 is 1.60. The molecule has 5 rings (SSSR count). The second kappa shape index (κ2) is 17.2. The number of hydrogen-bond donors (Lipinski definition) is 1. The fraction of sp³-hybridized carbons (Fsp3) is 0.349. The van der Waals surface area contributed by atoms with Crippen LogP contribution in [0.25, 0.3) is 0 Å². The van der Waals surface area contributed by atoms with Crippen LogP contribution >= 0.6 is 11.8 Å². The Bertz CT molecular complexity index is 1920. The van der Waals surface area contributed by atoms with Crippen LogP contribution in [-0.2, 0) is 27.1 Å². The van der Waals surface area contributed by atoms with Gasteiger partial charge in [0.1, 0.15) is 17.6 Å². The Hall–Kier alpha value is -3.99. The van der Waals surface area contributed by atoms with Crippen LogP contribution in [0.1, 0.15) is 63.6 Å². The Labute approximate surface area is 313 Å². The van der Waals surface area contributed by atoms with E-state index in [-0.39, 0.29) is 23.0 Å². The van der Waals surface area contributed by atoms with Crippen molar-refractivity contribution in [3.05, 3.63) is 165 Å². The van der Waals surface area contributed by atoms with Crippen molar-refractivity contribution < 1.29 is 13.9 Å². The van der Waals surface area contributed by atoms with Gasteiger partial charge in [0.05, 0.1) is 19.8 Å². The standard InChI is InChI=1S/C43H52N2O5SSi/c1-32-28-45(41(47)44-39(32)46)40(51-42(2,3)4)38(49-30-34-22-14-9-15-23-34)37(48-29-33-20-12-8-13-21-33)31-50-52(43(5,6)7,35-24-16-10-17-25-35)36-26-18-11-19-27-36/h8-28,37-38,40H,29-31H2,1-7H3,(H,44,46,47)/t37-,38+,40+/m0/s1. The SMILES string of the molecule is Cc1cn([C@H](SC(C)(C)C)[C@H](OCc2ccccc2)[C@H](CO[Si](c2ccccc2)(c2ccccc2)C(C)(C)C)OCc2ccccc2)c(=O)[nH]c1=O. The first-order valence-corrected chi connectivity index (χ1v) is 20.6. The number of rotatable bonds is 15. The Kier molecular flexibility index (Phi) is 13.0. The van der Waals surface area contributed by atoms with Crippen molar-refractivity contribution in [1.29, 1.82) is 0 Å². The highest BCUT2D eigenvalue weighted by Gasteiger charge is 2.51. The van der Waals surface area contributed by atoms with Gasteiger partial charge < -0.3 is 13.9 Å². The summed E-state index contributed by atoms with van der Waals surface area (Å²) in [6, 6.07) is 41.1. The number of hydrogen-bond acceptors (Lipinski definition) is 6. The number of ether oxygens (including phenoxy) is 2. The summed E-state index contributed by atoms with van der Waals surface area (Å²) < 4.78 is 22.7. The van der Waals surface area contributed by atoms with Crippen LogP contribution in [0.3, 0.4) is 0 Å². The van der Waals surface area contributed by atoms with Gasteiger partial charge in [0.2, 0.25) is 0 Å². The molecule has 0 saturated heterocycles. The van der Waals surface area contributed by atoms with E-state index in [0.717, 1.165) is 21.5 Å². The number of nitrogens with zero attached hydrogens (tertiary/aromatic N) is 1. The quantitative estimate of drug-likeness (QED) is 0.111. The maximum atomic E-state index is 13.7. The maximum Gasteiger partial charge on any atom is 0.329 e. The molecule has 0 fully saturated rings. The predicted octanol–water partition coefficient (Wildman–Crippen LogP) is 7.62. The minimum atomic E-state index is -3.00. The first kappa shape index (κ1) is 39.2. The van der Waals surface area contributed by atoms with Gasteiger partial charge in [0.15, 0.2) is 0 Å². The molecule has 0 aliphatic heterocycles. The molecule has 0 saturated carbocycles. The van der Waals surface area contributed by atoms with Crippen LogP contribution in [0.5, 0.6) is 0 Å². The van der Waals surface area contributed by atoms with Gasteiger partial charge in [0.25, 0.3) is 13.9 Å². The first-order valence-electron chi connectivity index (χ1n) is 17.8. The minimum absolute atomic E-state index is 0.192. The van der Waals surface area contributed by atoms with E-state index in [4.69, 9.17) is 13.9 Å². The fourth-order valence-corrected chi connectivity index (χ4v) is 12.5. The molecule has 9 heteroatoms. The third-order valence-electron chi connectivity index (χ3n) is 9.01. The molecule has 0 spiro atoms. The minimum Gasteiger partial charge on any atom is -0.405 e. The monoisotopic (exact) mass is 736 g/mol. The van der Waals surface area contributed by atoms with Crippen molar-refractivity contribution in [1.82, 2.24) is 9.55 Å². The second-order valence-corrected chi connectivity index (χ2v) is 21.4. The highest BCUT2D eigenvalue weighted by atomic mass is 32.2. The van der Waals surface area contributed by atoms with E-state index in [1.54, 1.807) is 29.4 Å². The van der Waals surface area contributed by atoms with Crippen molar-refractivity contribution in [2.24, 2.45) is 0 Å². The number of H-pyrrole nitrogens is 1. The second-order valence-electron chi connectivity index (χ2n) is 15.2. The molecule has 52 heavy (non-hydrogen) atoms. The molecule has 5 aromatic rings. The molecular weight excluding hydrogens is 685 g/mol. The van der Waals surface area contributed by atoms with E-state index in [1.807, 2.05) is 72.8 Å². The molecule has 1 aromatic heterocycles. The molecule has 7 nitrogen and oxygen atoms in total. The Balaban J connectivity index is 1.68. The van der Waals surface area contributed by atoms with Crippen molar-refractivity contribution in [3.8, 4) is 0 Å². The molecule has 1 N–H and O–H groups in total.